The predicted octanol–water partition coefficient (Wildman–Crippen LogP) is 1.85. The van der Waals surface area contributed by atoms with Crippen LogP contribution in [-0.4, -0.2) is 26.1 Å². The van der Waals surface area contributed by atoms with Gasteiger partial charge in [0.15, 0.2) is 0 Å². The van der Waals surface area contributed by atoms with Crippen LogP contribution in [0.25, 0.3) is 0 Å². The molecule has 1 saturated carbocycles. The van der Waals surface area contributed by atoms with E-state index >= 15 is 0 Å². The zero-order valence-corrected chi connectivity index (χ0v) is 11.0. The molecule has 0 saturated heterocycles. The average molecular weight is 272 g/mol. The number of rotatable bonds is 6. The Morgan fingerprint density at radius 3 is 3.05 bits per heavy atom. The lowest BCUT2D eigenvalue weighted by Crippen LogP contribution is -2.08. The molecule has 1 aromatic heterocycles. The Morgan fingerprint density at radius 1 is 1.45 bits per heavy atom. The number of nitrogens with one attached hydrogen (secondary N) is 1. The molecule has 0 aliphatic heterocycles. The molecule has 0 atom stereocenters. The second-order valence-electron chi connectivity index (χ2n) is 5.03. The number of carboxylic acids is 1. The van der Waals surface area contributed by atoms with Crippen molar-refractivity contribution in [1.82, 2.24) is 15.0 Å². The lowest BCUT2D eigenvalue weighted by atomic mass is 10.1. The standard InChI is InChI=1S/C14H16N4O2/c19-14(20)7-10-2-1-3-11(6-10)15-8-13-9-16-17-18(13)12-4-5-12/h1-3,6,9,12,15H,4-5,7-8H2,(H,19,20). The molecular formula is C14H16N4O2. The largest absolute Gasteiger partial charge is 0.481 e. The summed E-state index contributed by atoms with van der Waals surface area (Å²) in [5.74, 6) is -0.821. The molecule has 0 radical (unpaired) electrons. The van der Waals surface area contributed by atoms with Crippen molar-refractivity contribution in [3.8, 4) is 0 Å². The molecule has 1 aliphatic rings. The van der Waals surface area contributed by atoms with Crippen molar-refractivity contribution < 1.29 is 9.90 Å². The third kappa shape index (κ3) is 2.96. The maximum absolute atomic E-state index is 10.7. The van der Waals surface area contributed by atoms with Crippen molar-refractivity contribution in [2.45, 2.75) is 31.8 Å². The van der Waals surface area contributed by atoms with E-state index in [2.05, 4.69) is 15.6 Å². The van der Waals surface area contributed by atoms with Gasteiger partial charge in [0, 0.05) is 5.69 Å². The molecule has 3 rings (SSSR count). The minimum Gasteiger partial charge on any atom is -0.481 e. The van der Waals surface area contributed by atoms with E-state index in [4.69, 9.17) is 5.11 Å². The van der Waals surface area contributed by atoms with Crippen LogP contribution >= 0.6 is 0 Å². The second kappa shape index (κ2) is 5.32. The highest BCUT2D eigenvalue weighted by Crippen LogP contribution is 2.34. The summed E-state index contributed by atoms with van der Waals surface area (Å²) in [5, 5.41) is 20.1. The minimum absolute atomic E-state index is 0.0388. The van der Waals surface area contributed by atoms with Crippen molar-refractivity contribution in [2.75, 3.05) is 5.32 Å². The molecule has 1 aliphatic carbocycles. The molecule has 1 heterocycles. The maximum atomic E-state index is 10.7. The molecule has 104 valence electrons. The maximum Gasteiger partial charge on any atom is 0.307 e. The first kappa shape index (κ1) is 12.7. The number of nitrogens with zero attached hydrogens (tertiary/aromatic N) is 3. The van der Waals surface area contributed by atoms with Crippen molar-refractivity contribution in [1.29, 1.82) is 0 Å². The molecule has 6 nitrogen and oxygen atoms in total. The quantitative estimate of drug-likeness (QED) is 0.839. The van der Waals surface area contributed by atoms with Gasteiger partial charge in [0.05, 0.1) is 30.9 Å². The van der Waals surface area contributed by atoms with Gasteiger partial charge >= 0.3 is 5.97 Å². The highest BCUT2D eigenvalue weighted by Gasteiger charge is 2.26. The van der Waals surface area contributed by atoms with Gasteiger partial charge in [0.1, 0.15) is 0 Å². The van der Waals surface area contributed by atoms with E-state index in [0.717, 1.165) is 16.9 Å². The third-order valence-electron chi connectivity index (χ3n) is 3.30. The first-order valence-electron chi connectivity index (χ1n) is 6.66. The van der Waals surface area contributed by atoms with Crippen LogP contribution in [0.15, 0.2) is 30.5 Å². The predicted molar refractivity (Wildman–Crippen MR) is 73.4 cm³/mol. The van der Waals surface area contributed by atoms with Crippen LogP contribution in [0.5, 0.6) is 0 Å². The van der Waals surface area contributed by atoms with E-state index in [1.165, 1.54) is 12.8 Å². The Kier molecular flexibility index (Phi) is 3.37. The van der Waals surface area contributed by atoms with E-state index in [-0.39, 0.29) is 6.42 Å². The summed E-state index contributed by atoms with van der Waals surface area (Å²) in [6, 6.07) is 7.97. The summed E-state index contributed by atoms with van der Waals surface area (Å²) < 4.78 is 1.97. The molecule has 2 N–H and O–H groups in total. The van der Waals surface area contributed by atoms with Crippen molar-refractivity contribution in [3.05, 3.63) is 41.7 Å². The number of hydrogen-bond acceptors (Lipinski definition) is 4. The summed E-state index contributed by atoms with van der Waals surface area (Å²) in [5.41, 5.74) is 2.75. The van der Waals surface area contributed by atoms with Gasteiger partial charge in [0.2, 0.25) is 0 Å². The fraction of sp³-hybridized carbons (Fsp3) is 0.357. The number of anilines is 1. The lowest BCUT2D eigenvalue weighted by molar-refractivity contribution is -0.136. The van der Waals surface area contributed by atoms with Crippen molar-refractivity contribution in [3.63, 3.8) is 0 Å². The Hall–Kier alpha value is -2.37. The average Bonchev–Trinajstić information content (AvgIpc) is 3.15. The zero-order valence-electron chi connectivity index (χ0n) is 11.0. The summed E-state index contributed by atoms with van der Waals surface area (Å²) in [6.07, 6.45) is 4.15. The Morgan fingerprint density at radius 2 is 2.30 bits per heavy atom. The van der Waals surface area contributed by atoms with E-state index in [1.807, 2.05) is 28.9 Å². The molecule has 0 spiro atoms. The number of benzene rings is 1. The van der Waals surface area contributed by atoms with Gasteiger partial charge in [-0.1, -0.05) is 17.3 Å². The van der Waals surface area contributed by atoms with Crippen LogP contribution in [0.1, 0.15) is 30.1 Å². The first-order valence-corrected chi connectivity index (χ1v) is 6.66. The number of hydrogen-bond donors (Lipinski definition) is 2. The normalized spacial score (nSPS) is 14.2. The summed E-state index contributed by atoms with van der Waals surface area (Å²) in [7, 11) is 0. The molecular weight excluding hydrogens is 256 g/mol. The summed E-state index contributed by atoms with van der Waals surface area (Å²) in [6.45, 7) is 0.639. The number of carbonyl (C=O) groups is 1. The van der Waals surface area contributed by atoms with Crippen molar-refractivity contribution >= 4 is 11.7 Å². The van der Waals surface area contributed by atoms with Crippen LogP contribution in [-0.2, 0) is 17.8 Å². The highest BCUT2D eigenvalue weighted by molar-refractivity contribution is 5.70. The summed E-state index contributed by atoms with van der Waals surface area (Å²) in [4.78, 5) is 10.7. The molecule has 20 heavy (non-hydrogen) atoms. The molecule has 1 aromatic carbocycles. The Balaban J connectivity index is 1.65. The number of carboxylic acid groups (broad SMARTS) is 1. The molecule has 2 aromatic rings. The highest BCUT2D eigenvalue weighted by atomic mass is 16.4. The van der Waals surface area contributed by atoms with Gasteiger partial charge in [-0.2, -0.15) is 0 Å². The van der Waals surface area contributed by atoms with Crippen LogP contribution < -0.4 is 5.32 Å². The fourth-order valence-electron chi connectivity index (χ4n) is 2.18. The Bertz CT molecular complexity index is 619. The number of aliphatic carboxylic acids is 1. The third-order valence-corrected chi connectivity index (χ3v) is 3.30. The van der Waals surface area contributed by atoms with Gasteiger partial charge in [-0.3, -0.25) is 4.79 Å². The van der Waals surface area contributed by atoms with Crippen LogP contribution in [0.4, 0.5) is 5.69 Å². The van der Waals surface area contributed by atoms with E-state index in [1.54, 1.807) is 6.20 Å². The minimum atomic E-state index is -0.821. The van der Waals surface area contributed by atoms with Crippen LogP contribution in [0, 0.1) is 0 Å². The summed E-state index contributed by atoms with van der Waals surface area (Å²) >= 11 is 0. The SMILES string of the molecule is O=C(O)Cc1cccc(NCc2cnnn2C2CC2)c1. The van der Waals surface area contributed by atoms with E-state index in [9.17, 15) is 4.79 Å². The molecule has 0 bridgehead atoms. The number of aromatic nitrogens is 3. The van der Waals surface area contributed by atoms with Gasteiger partial charge < -0.3 is 10.4 Å². The van der Waals surface area contributed by atoms with Crippen LogP contribution in [0.3, 0.4) is 0 Å². The lowest BCUT2D eigenvalue weighted by Gasteiger charge is -2.09. The zero-order chi connectivity index (χ0) is 13.9. The van der Waals surface area contributed by atoms with Crippen LogP contribution in [0.2, 0.25) is 0 Å². The molecule has 1 fully saturated rings. The second-order valence-corrected chi connectivity index (χ2v) is 5.03. The smallest absolute Gasteiger partial charge is 0.307 e. The van der Waals surface area contributed by atoms with E-state index < -0.39 is 5.97 Å². The van der Waals surface area contributed by atoms with E-state index in [0.29, 0.717) is 12.6 Å². The van der Waals surface area contributed by atoms with Crippen molar-refractivity contribution in [2.24, 2.45) is 0 Å². The van der Waals surface area contributed by atoms with Gasteiger partial charge in [-0.05, 0) is 30.5 Å². The molecule has 6 heteroatoms. The van der Waals surface area contributed by atoms with Gasteiger partial charge in [0.25, 0.3) is 0 Å². The monoisotopic (exact) mass is 272 g/mol. The first-order chi connectivity index (χ1) is 9.72. The van der Waals surface area contributed by atoms with Gasteiger partial charge in [-0.25, -0.2) is 4.68 Å². The topological polar surface area (TPSA) is 80.0 Å². The fourth-order valence-corrected chi connectivity index (χ4v) is 2.18. The van der Waals surface area contributed by atoms with Gasteiger partial charge in [-0.15, -0.1) is 5.10 Å². The Labute approximate surface area is 116 Å². The molecule has 0 amide bonds. The molecule has 0 unspecified atom stereocenters.